The second-order valence-corrected chi connectivity index (χ2v) is 5.00. The molecule has 0 radical (unpaired) electrons. The van der Waals surface area contributed by atoms with Gasteiger partial charge in [0, 0.05) is 13.0 Å². The first kappa shape index (κ1) is 11.2. The molecule has 2 aromatic heterocycles. The number of aromatic nitrogens is 1. The van der Waals surface area contributed by atoms with Gasteiger partial charge in [0.05, 0.1) is 11.1 Å². The van der Waals surface area contributed by atoms with E-state index in [1.54, 1.807) is 16.9 Å². The molecule has 3 nitrogen and oxygen atoms in total. The number of rotatable bonds is 4. The maximum absolute atomic E-state index is 9.96. The lowest BCUT2D eigenvalue weighted by molar-refractivity contribution is 0.417. The average molecular weight is 253 g/mol. The summed E-state index contributed by atoms with van der Waals surface area (Å²) in [4.78, 5) is 0.821. The molecule has 0 atom stereocenters. The lowest BCUT2D eigenvalue weighted by atomic mass is 10.3. The molecule has 0 bridgehead atoms. The predicted molar refractivity (Wildman–Crippen MR) is 66.5 cm³/mol. The molecule has 0 fully saturated rings. The van der Waals surface area contributed by atoms with E-state index in [-0.39, 0.29) is 5.88 Å². The van der Waals surface area contributed by atoms with Crippen LogP contribution in [0.3, 0.4) is 0 Å². The highest BCUT2D eigenvalue weighted by atomic mass is 32.1. The summed E-state index contributed by atoms with van der Waals surface area (Å²) in [5.41, 5.74) is 0. The molecule has 1 N–H and O–H groups in total. The largest absolute Gasteiger partial charge is 0.494 e. The van der Waals surface area contributed by atoms with Crippen LogP contribution < -0.4 is 0 Å². The van der Waals surface area contributed by atoms with Crippen molar-refractivity contribution in [3.63, 3.8) is 0 Å². The Kier molecular flexibility index (Phi) is 3.26. The minimum atomic E-state index is 0.214. The van der Waals surface area contributed by atoms with Crippen molar-refractivity contribution in [2.24, 2.45) is 0 Å². The maximum atomic E-state index is 9.96. The van der Waals surface area contributed by atoms with E-state index in [2.05, 4.69) is 6.58 Å². The second kappa shape index (κ2) is 4.67. The van der Waals surface area contributed by atoms with Gasteiger partial charge in [0.1, 0.15) is 5.76 Å². The molecule has 0 unspecified atom stereocenters. The summed E-state index contributed by atoms with van der Waals surface area (Å²) < 4.78 is 7.54. The highest BCUT2D eigenvalue weighted by molar-refractivity contribution is 7.73. The molecule has 2 aromatic rings. The monoisotopic (exact) mass is 253 g/mol. The van der Waals surface area contributed by atoms with Crippen LogP contribution in [0.4, 0.5) is 0 Å². The molecule has 16 heavy (non-hydrogen) atoms. The Hall–Kier alpha value is -1.33. The number of hydrogen-bond donors (Lipinski definition) is 1. The summed E-state index contributed by atoms with van der Waals surface area (Å²) in [5, 5.41) is 9.96. The molecule has 5 heteroatoms. The summed E-state index contributed by atoms with van der Waals surface area (Å²) in [6.07, 6.45) is 3.89. The van der Waals surface area contributed by atoms with E-state index in [4.69, 9.17) is 16.6 Å². The first-order valence-electron chi connectivity index (χ1n) is 4.77. The minimum Gasteiger partial charge on any atom is -0.494 e. The Morgan fingerprint density at radius 1 is 1.62 bits per heavy atom. The second-order valence-electron chi connectivity index (χ2n) is 3.27. The molecule has 0 aromatic carbocycles. The van der Waals surface area contributed by atoms with Crippen molar-refractivity contribution in [2.75, 3.05) is 0 Å². The lowest BCUT2D eigenvalue weighted by Gasteiger charge is -2.00. The molecule has 2 rings (SSSR count). The third-order valence-electron chi connectivity index (χ3n) is 2.16. The van der Waals surface area contributed by atoms with Crippen molar-refractivity contribution in [3.8, 4) is 5.88 Å². The quantitative estimate of drug-likeness (QED) is 0.670. The van der Waals surface area contributed by atoms with Crippen LogP contribution in [0.2, 0.25) is 0 Å². The zero-order valence-electron chi connectivity index (χ0n) is 8.55. The summed E-state index contributed by atoms with van der Waals surface area (Å²) in [6.45, 7) is 4.16. The van der Waals surface area contributed by atoms with E-state index in [9.17, 15) is 5.11 Å². The highest BCUT2D eigenvalue weighted by Crippen LogP contribution is 2.28. The Morgan fingerprint density at radius 2 is 2.44 bits per heavy atom. The van der Waals surface area contributed by atoms with Crippen LogP contribution in [-0.2, 0) is 13.0 Å². The number of allylic oxidation sites excluding steroid dienone is 1. The number of hydrogen-bond acceptors (Lipinski definition) is 4. The molecule has 0 aliphatic rings. The Morgan fingerprint density at radius 3 is 3.06 bits per heavy atom. The molecule has 0 saturated heterocycles. The number of furan rings is 1. The fraction of sp³-hybridized carbons (Fsp3) is 0.182. The molecule has 0 spiro atoms. The van der Waals surface area contributed by atoms with Gasteiger partial charge in [0.15, 0.2) is 3.95 Å². The van der Waals surface area contributed by atoms with Crippen LogP contribution in [0.25, 0.3) is 0 Å². The zero-order chi connectivity index (χ0) is 11.5. The van der Waals surface area contributed by atoms with Crippen LogP contribution in [0, 0.1) is 3.95 Å². The van der Waals surface area contributed by atoms with Gasteiger partial charge in [-0.1, -0.05) is 6.08 Å². The predicted octanol–water partition coefficient (Wildman–Crippen LogP) is 3.35. The van der Waals surface area contributed by atoms with Gasteiger partial charge in [-0.2, -0.15) is 0 Å². The molecule has 0 amide bonds. The maximum Gasteiger partial charge on any atom is 0.207 e. The summed E-state index contributed by atoms with van der Waals surface area (Å²) in [5.74, 6) is 1.03. The first-order chi connectivity index (χ1) is 7.72. The third kappa shape index (κ3) is 2.10. The molecule has 0 aliphatic carbocycles. The number of nitrogens with zero attached hydrogens (tertiary/aromatic N) is 1. The van der Waals surface area contributed by atoms with E-state index >= 15 is 0 Å². The average Bonchev–Trinajstić information content (AvgIpc) is 2.84. The highest BCUT2D eigenvalue weighted by Gasteiger charge is 2.12. The van der Waals surface area contributed by atoms with Crippen LogP contribution >= 0.6 is 23.6 Å². The van der Waals surface area contributed by atoms with Crippen molar-refractivity contribution in [1.29, 1.82) is 0 Å². The number of aromatic hydroxyl groups is 1. The smallest absolute Gasteiger partial charge is 0.207 e. The Labute approximate surface area is 102 Å². The van der Waals surface area contributed by atoms with E-state index in [1.807, 2.05) is 12.1 Å². The van der Waals surface area contributed by atoms with Gasteiger partial charge < -0.3 is 9.52 Å². The van der Waals surface area contributed by atoms with Crippen LogP contribution in [0.5, 0.6) is 5.88 Å². The summed E-state index contributed by atoms with van der Waals surface area (Å²) in [6, 6.07) is 3.70. The summed E-state index contributed by atoms with van der Waals surface area (Å²) in [7, 11) is 0. The van der Waals surface area contributed by atoms with E-state index in [1.165, 1.54) is 11.3 Å². The van der Waals surface area contributed by atoms with Gasteiger partial charge >= 0.3 is 0 Å². The van der Waals surface area contributed by atoms with E-state index < -0.39 is 0 Å². The zero-order valence-corrected chi connectivity index (χ0v) is 10.2. The molecular formula is C11H11NO2S2. The third-order valence-corrected chi connectivity index (χ3v) is 3.60. The van der Waals surface area contributed by atoms with Crippen molar-refractivity contribution >= 4 is 23.6 Å². The molecule has 2 heterocycles. The minimum absolute atomic E-state index is 0.214. The summed E-state index contributed by atoms with van der Waals surface area (Å²) >= 11 is 6.56. The van der Waals surface area contributed by atoms with E-state index in [0.717, 1.165) is 10.6 Å². The van der Waals surface area contributed by atoms with Gasteiger partial charge in [-0.15, -0.1) is 17.9 Å². The van der Waals surface area contributed by atoms with Gasteiger partial charge in [-0.25, -0.2) is 0 Å². The normalized spacial score (nSPS) is 10.5. The Balaban J connectivity index is 2.32. The fourth-order valence-corrected chi connectivity index (χ4v) is 2.78. The van der Waals surface area contributed by atoms with Gasteiger partial charge in [0.25, 0.3) is 0 Å². The first-order valence-corrected chi connectivity index (χ1v) is 5.99. The van der Waals surface area contributed by atoms with Gasteiger partial charge in [-0.3, -0.25) is 4.57 Å². The van der Waals surface area contributed by atoms with Crippen molar-refractivity contribution in [1.82, 2.24) is 4.57 Å². The van der Waals surface area contributed by atoms with Gasteiger partial charge in [-0.05, 0) is 24.4 Å². The van der Waals surface area contributed by atoms with Gasteiger partial charge in [0.2, 0.25) is 5.88 Å². The van der Waals surface area contributed by atoms with E-state index in [0.29, 0.717) is 16.9 Å². The molecule has 0 aliphatic heterocycles. The number of thiazole rings is 1. The molecule has 84 valence electrons. The lowest BCUT2D eigenvalue weighted by Crippen LogP contribution is -1.94. The van der Waals surface area contributed by atoms with Crippen molar-refractivity contribution in [3.05, 3.63) is 45.6 Å². The fourth-order valence-electron chi connectivity index (χ4n) is 1.42. The van der Waals surface area contributed by atoms with Crippen LogP contribution in [-0.4, -0.2) is 9.67 Å². The van der Waals surface area contributed by atoms with Crippen LogP contribution in [0.15, 0.2) is 35.5 Å². The molecule has 0 saturated carbocycles. The van der Waals surface area contributed by atoms with Crippen LogP contribution in [0.1, 0.15) is 10.6 Å². The Bertz CT molecular complexity index is 537. The SMILES string of the molecule is C=CCn1c(O)c(Cc2ccco2)sc1=S. The molecular weight excluding hydrogens is 242 g/mol. The van der Waals surface area contributed by atoms with Crippen molar-refractivity contribution < 1.29 is 9.52 Å². The standard InChI is InChI=1S/C11H11NO2S2/c1-2-5-12-10(13)9(16-11(12)15)7-8-4-3-6-14-8/h2-4,6,13H,1,5,7H2. The van der Waals surface area contributed by atoms with Crippen molar-refractivity contribution in [2.45, 2.75) is 13.0 Å². The topological polar surface area (TPSA) is 38.3 Å².